The number of amides is 2. The zero-order valence-corrected chi connectivity index (χ0v) is 12.1. The van der Waals surface area contributed by atoms with Crippen molar-refractivity contribution in [2.75, 3.05) is 33.4 Å². The fraction of sp³-hybridized carbons (Fsp3) is 0.857. The van der Waals surface area contributed by atoms with Crippen molar-refractivity contribution in [1.82, 2.24) is 10.2 Å². The number of ether oxygens (including phenoxy) is 1. The van der Waals surface area contributed by atoms with Gasteiger partial charge in [0.25, 0.3) is 0 Å². The molecule has 2 amide bonds. The summed E-state index contributed by atoms with van der Waals surface area (Å²) in [6.45, 7) is 4.78. The van der Waals surface area contributed by atoms with Crippen LogP contribution in [0.1, 0.15) is 39.0 Å². The lowest BCUT2D eigenvalue weighted by Crippen LogP contribution is -2.34. The molecule has 5 heteroatoms. The Kier molecular flexibility index (Phi) is 7.48. The fourth-order valence-corrected chi connectivity index (χ4v) is 2.29. The Hall–Kier alpha value is -1.10. The van der Waals surface area contributed by atoms with Crippen LogP contribution in [0.3, 0.4) is 0 Å². The predicted octanol–water partition coefficient (Wildman–Crippen LogP) is 1.18. The van der Waals surface area contributed by atoms with Gasteiger partial charge in [-0.2, -0.15) is 0 Å². The molecule has 1 saturated heterocycles. The molecule has 0 aromatic rings. The van der Waals surface area contributed by atoms with Crippen LogP contribution in [0, 0.1) is 5.92 Å². The van der Waals surface area contributed by atoms with Crippen molar-refractivity contribution < 1.29 is 14.3 Å². The van der Waals surface area contributed by atoms with Gasteiger partial charge in [-0.25, -0.2) is 0 Å². The van der Waals surface area contributed by atoms with Crippen LogP contribution in [-0.4, -0.2) is 50.1 Å². The van der Waals surface area contributed by atoms with Crippen molar-refractivity contribution in [3.8, 4) is 0 Å². The minimum atomic E-state index is -0.170. The Bertz CT molecular complexity index is 294. The second-order valence-electron chi connectivity index (χ2n) is 5.09. The quantitative estimate of drug-likeness (QED) is 0.640. The number of methoxy groups -OCH3 is 1. The second-order valence-corrected chi connectivity index (χ2v) is 5.09. The Morgan fingerprint density at radius 2 is 2.21 bits per heavy atom. The minimum absolute atomic E-state index is 0.00226. The molecule has 5 nitrogen and oxygen atoms in total. The van der Waals surface area contributed by atoms with Crippen LogP contribution >= 0.6 is 0 Å². The number of carbonyl (C=O) groups is 2. The summed E-state index contributed by atoms with van der Waals surface area (Å²) in [6, 6.07) is 0. The molecule has 1 N–H and O–H groups in total. The summed E-state index contributed by atoms with van der Waals surface area (Å²) in [5.74, 6) is -0.0488. The number of hydrogen-bond acceptors (Lipinski definition) is 3. The Morgan fingerprint density at radius 3 is 2.89 bits per heavy atom. The summed E-state index contributed by atoms with van der Waals surface area (Å²) in [6.07, 6.45) is 4.49. The molecule has 0 radical (unpaired) electrons. The van der Waals surface area contributed by atoms with Crippen LogP contribution in [0.25, 0.3) is 0 Å². The van der Waals surface area contributed by atoms with Gasteiger partial charge in [0.15, 0.2) is 0 Å². The van der Waals surface area contributed by atoms with Crippen LogP contribution in [0.15, 0.2) is 0 Å². The average Bonchev–Trinajstić information content (AvgIpc) is 2.77. The highest BCUT2D eigenvalue weighted by Crippen LogP contribution is 2.18. The number of carbonyl (C=O) groups excluding carboxylic acids is 2. The maximum Gasteiger partial charge on any atom is 0.225 e. The molecule has 110 valence electrons. The topological polar surface area (TPSA) is 58.6 Å². The first-order valence-corrected chi connectivity index (χ1v) is 7.23. The molecular weight excluding hydrogens is 244 g/mol. The van der Waals surface area contributed by atoms with Gasteiger partial charge < -0.3 is 15.0 Å². The standard InChI is InChI=1S/C14H26N2O3/c1-3-4-5-8-16-11-12(10-13(16)17)14(18)15-7-6-9-19-2/h12H,3-11H2,1-2H3,(H,15,18). The third-order valence-corrected chi connectivity index (χ3v) is 3.44. The molecule has 0 aromatic carbocycles. The van der Waals surface area contributed by atoms with Crippen LogP contribution in [-0.2, 0) is 14.3 Å². The number of rotatable bonds is 9. The van der Waals surface area contributed by atoms with E-state index >= 15 is 0 Å². The van der Waals surface area contributed by atoms with Crippen LogP contribution < -0.4 is 5.32 Å². The van der Waals surface area contributed by atoms with E-state index in [0.717, 1.165) is 32.2 Å². The summed E-state index contributed by atoms with van der Waals surface area (Å²) in [5, 5.41) is 2.87. The Balaban J connectivity index is 2.24. The van der Waals surface area contributed by atoms with E-state index in [2.05, 4.69) is 12.2 Å². The van der Waals surface area contributed by atoms with Gasteiger partial charge in [0.1, 0.15) is 0 Å². The lowest BCUT2D eigenvalue weighted by molar-refractivity contribution is -0.129. The molecule has 0 bridgehead atoms. The first-order valence-electron chi connectivity index (χ1n) is 7.23. The molecule has 1 atom stereocenters. The van der Waals surface area contributed by atoms with Crippen LogP contribution in [0.4, 0.5) is 0 Å². The number of nitrogens with one attached hydrogen (secondary N) is 1. The van der Waals surface area contributed by atoms with Crippen molar-refractivity contribution in [3.05, 3.63) is 0 Å². The summed E-state index contributed by atoms with van der Waals surface area (Å²) in [5.41, 5.74) is 0. The van der Waals surface area contributed by atoms with E-state index in [-0.39, 0.29) is 17.7 Å². The van der Waals surface area contributed by atoms with Gasteiger partial charge in [-0.05, 0) is 12.8 Å². The van der Waals surface area contributed by atoms with Crippen LogP contribution in [0.5, 0.6) is 0 Å². The molecule has 19 heavy (non-hydrogen) atoms. The van der Waals surface area contributed by atoms with E-state index in [9.17, 15) is 9.59 Å². The monoisotopic (exact) mass is 270 g/mol. The zero-order chi connectivity index (χ0) is 14.1. The zero-order valence-electron chi connectivity index (χ0n) is 12.1. The number of unbranched alkanes of at least 4 members (excludes halogenated alkanes) is 2. The van der Waals surface area contributed by atoms with Crippen molar-refractivity contribution in [2.24, 2.45) is 5.92 Å². The molecule has 1 aliphatic rings. The van der Waals surface area contributed by atoms with Gasteiger partial charge in [0, 0.05) is 39.8 Å². The van der Waals surface area contributed by atoms with Gasteiger partial charge >= 0.3 is 0 Å². The van der Waals surface area contributed by atoms with E-state index in [0.29, 0.717) is 26.1 Å². The van der Waals surface area contributed by atoms with E-state index in [1.165, 1.54) is 0 Å². The summed E-state index contributed by atoms with van der Waals surface area (Å²) >= 11 is 0. The third-order valence-electron chi connectivity index (χ3n) is 3.44. The maximum absolute atomic E-state index is 11.9. The molecule has 1 unspecified atom stereocenters. The SMILES string of the molecule is CCCCCN1CC(C(=O)NCCCOC)CC1=O. The lowest BCUT2D eigenvalue weighted by Gasteiger charge is -2.16. The van der Waals surface area contributed by atoms with E-state index in [1.807, 2.05) is 4.90 Å². The predicted molar refractivity (Wildman–Crippen MR) is 73.7 cm³/mol. The molecule has 1 fully saturated rings. The van der Waals surface area contributed by atoms with Gasteiger partial charge in [0.05, 0.1) is 5.92 Å². The smallest absolute Gasteiger partial charge is 0.225 e. The Labute approximate surface area is 115 Å². The Morgan fingerprint density at radius 1 is 1.42 bits per heavy atom. The molecular formula is C14H26N2O3. The molecule has 0 saturated carbocycles. The number of nitrogens with zero attached hydrogens (tertiary/aromatic N) is 1. The number of hydrogen-bond donors (Lipinski definition) is 1. The minimum Gasteiger partial charge on any atom is -0.385 e. The van der Waals surface area contributed by atoms with E-state index < -0.39 is 0 Å². The highest BCUT2D eigenvalue weighted by Gasteiger charge is 2.33. The highest BCUT2D eigenvalue weighted by molar-refractivity contribution is 5.89. The van der Waals surface area contributed by atoms with Crippen molar-refractivity contribution >= 4 is 11.8 Å². The first-order chi connectivity index (χ1) is 9.19. The van der Waals surface area contributed by atoms with E-state index in [4.69, 9.17) is 4.74 Å². The molecule has 1 rings (SSSR count). The third kappa shape index (κ3) is 5.59. The van der Waals surface area contributed by atoms with Crippen LogP contribution in [0.2, 0.25) is 0 Å². The lowest BCUT2D eigenvalue weighted by atomic mass is 10.1. The largest absolute Gasteiger partial charge is 0.385 e. The highest BCUT2D eigenvalue weighted by atomic mass is 16.5. The van der Waals surface area contributed by atoms with E-state index in [1.54, 1.807) is 7.11 Å². The second kappa shape index (κ2) is 8.91. The van der Waals surface area contributed by atoms with Gasteiger partial charge in [-0.15, -0.1) is 0 Å². The maximum atomic E-state index is 11.9. The summed E-state index contributed by atoms with van der Waals surface area (Å²) in [7, 11) is 1.64. The van der Waals surface area contributed by atoms with Gasteiger partial charge in [0.2, 0.25) is 11.8 Å². The van der Waals surface area contributed by atoms with Gasteiger partial charge in [-0.3, -0.25) is 9.59 Å². The normalized spacial score (nSPS) is 18.9. The van der Waals surface area contributed by atoms with Crippen molar-refractivity contribution in [3.63, 3.8) is 0 Å². The molecule has 1 heterocycles. The van der Waals surface area contributed by atoms with Crippen molar-refractivity contribution in [1.29, 1.82) is 0 Å². The van der Waals surface area contributed by atoms with Gasteiger partial charge in [-0.1, -0.05) is 19.8 Å². The first kappa shape index (κ1) is 16.0. The molecule has 0 aromatic heterocycles. The fourth-order valence-electron chi connectivity index (χ4n) is 2.29. The summed E-state index contributed by atoms with van der Waals surface area (Å²) in [4.78, 5) is 25.5. The molecule has 1 aliphatic heterocycles. The molecule has 0 spiro atoms. The number of likely N-dealkylation sites (tertiary alicyclic amines) is 1. The van der Waals surface area contributed by atoms with Crippen molar-refractivity contribution in [2.45, 2.75) is 39.0 Å². The molecule has 0 aliphatic carbocycles. The average molecular weight is 270 g/mol. The summed E-state index contributed by atoms with van der Waals surface area (Å²) < 4.78 is 4.92.